The Morgan fingerprint density at radius 3 is 1.30 bits per heavy atom. The molecule has 0 saturated heterocycles. The van der Waals surface area contributed by atoms with Crippen molar-refractivity contribution in [2.24, 2.45) is 10.8 Å². The summed E-state index contributed by atoms with van der Waals surface area (Å²) in [6, 6.07) is 63.9. The van der Waals surface area contributed by atoms with Crippen LogP contribution in [0, 0.1) is 38.5 Å². The van der Waals surface area contributed by atoms with Gasteiger partial charge in [0.25, 0.3) is 0 Å². The molecule has 0 unspecified atom stereocenters. The first-order valence-electron chi connectivity index (χ1n) is 22.6. The monoisotopic (exact) mass is 818 g/mol. The Balaban J connectivity index is 1.27. The van der Waals surface area contributed by atoms with E-state index < -0.39 is 0 Å². The molecule has 9 aromatic carbocycles. The molecule has 0 bridgehead atoms. The summed E-state index contributed by atoms with van der Waals surface area (Å²) in [4.78, 5) is 4.84. The fraction of sp³-hybridized carbons (Fsp3) is 0.213. The number of para-hydroxylation sites is 2. The van der Waals surface area contributed by atoms with Gasteiger partial charge in [0.2, 0.25) is 0 Å². The lowest BCUT2D eigenvalue weighted by Gasteiger charge is -2.54. The number of nitrogens with zero attached hydrogens (tertiary/aromatic N) is 2. The summed E-state index contributed by atoms with van der Waals surface area (Å²) >= 11 is 0. The van der Waals surface area contributed by atoms with Crippen molar-refractivity contribution in [2.75, 3.05) is 9.80 Å². The van der Waals surface area contributed by atoms with Crippen LogP contribution in [0.1, 0.15) is 74.9 Å². The van der Waals surface area contributed by atoms with Gasteiger partial charge < -0.3 is 9.80 Å². The second kappa shape index (κ2) is 14.7. The highest BCUT2D eigenvalue weighted by atomic mass is 15.1. The highest BCUT2D eigenvalue weighted by Crippen LogP contribution is 2.68. The van der Waals surface area contributed by atoms with Crippen molar-refractivity contribution in [1.29, 1.82) is 0 Å². The van der Waals surface area contributed by atoms with Crippen molar-refractivity contribution in [3.05, 3.63) is 203 Å². The van der Waals surface area contributed by atoms with Gasteiger partial charge in [-0.2, -0.15) is 0 Å². The molecule has 0 saturated carbocycles. The van der Waals surface area contributed by atoms with Crippen LogP contribution >= 0.6 is 0 Å². The minimum atomic E-state index is -0.366. The highest BCUT2D eigenvalue weighted by Gasteiger charge is 2.59. The summed E-state index contributed by atoms with van der Waals surface area (Å²) in [6.45, 7) is 23.7. The normalized spacial score (nSPS) is 13.4. The fourth-order valence-electron chi connectivity index (χ4n) is 12.0. The third-order valence-corrected chi connectivity index (χ3v) is 13.8. The van der Waals surface area contributed by atoms with E-state index in [2.05, 4.69) is 249 Å². The van der Waals surface area contributed by atoms with Crippen LogP contribution in [0.25, 0.3) is 43.4 Å². The van der Waals surface area contributed by atoms with E-state index in [0.717, 1.165) is 22.7 Å². The molecule has 0 amide bonds. The van der Waals surface area contributed by atoms with Crippen LogP contribution in [-0.4, -0.2) is 0 Å². The van der Waals surface area contributed by atoms with Gasteiger partial charge in [0.05, 0.1) is 0 Å². The predicted octanol–water partition coefficient (Wildman–Crippen LogP) is 17.7. The lowest BCUT2D eigenvalue weighted by Crippen LogP contribution is -2.50. The van der Waals surface area contributed by atoms with E-state index >= 15 is 0 Å². The molecule has 2 heteroatoms. The van der Waals surface area contributed by atoms with Crippen molar-refractivity contribution in [3.63, 3.8) is 0 Å². The molecule has 0 heterocycles. The number of hydrogen-bond donors (Lipinski definition) is 0. The minimum Gasteiger partial charge on any atom is -0.310 e. The van der Waals surface area contributed by atoms with Crippen LogP contribution in [0.15, 0.2) is 170 Å². The lowest BCUT2D eigenvalue weighted by atomic mass is 9.49. The average molecular weight is 819 g/mol. The number of benzene rings is 9. The van der Waals surface area contributed by atoms with Crippen LogP contribution in [0.4, 0.5) is 34.1 Å². The molecule has 10 rings (SSSR count). The van der Waals surface area contributed by atoms with Crippen molar-refractivity contribution >= 4 is 66.4 Å². The van der Waals surface area contributed by atoms with E-state index in [9.17, 15) is 0 Å². The molecule has 1 aliphatic carbocycles. The van der Waals surface area contributed by atoms with E-state index in [4.69, 9.17) is 0 Å². The number of fused-ring (bicyclic) bond motifs is 10. The topological polar surface area (TPSA) is 6.48 Å². The molecule has 0 N–H and O–H groups in total. The number of rotatable bonds is 6. The van der Waals surface area contributed by atoms with Crippen LogP contribution < -0.4 is 9.80 Å². The van der Waals surface area contributed by atoms with Gasteiger partial charge >= 0.3 is 0 Å². The summed E-state index contributed by atoms with van der Waals surface area (Å²) in [7, 11) is 0. The summed E-state index contributed by atoms with van der Waals surface area (Å²) < 4.78 is 0. The quantitative estimate of drug-likeness (QED) is 0.154. The Labute approximate surface area is 374 Å². The summed E-state index contributed by atoms with van der Waals surface area (Å²) in [5.41, 5.74) is 16.9. The molecule has 9 aromatic rings. The minimum absolute atomic E-state index is 0.170. The molecule has 0 fully saturated rings. The Morgan fingerprint density at radius 2 is 0.794 bits per heavy atom. The van der Waals surface area contributed by atoms with Crippen LogP contribution in [0.3, 0.4) is 0 Å². The zero-order valence-corrected chi connectivity index (χ0v) is 38.6. The molecule has 0 radical (unpaired) electrons. The van der Waals surface area contributed by atoms with Gasteiger partial charge in [-0.1, -0.05) is 139 Å². The maximum Gasteiger partial charge on any atom is 0.0468 e. The number of hydrogen-bond acceptors (Lipinski definition) is 2. The van der Waals surface area contributed by atoms with Crippen LogP contribution in [0.5, 0.6) is 0 Å². The molecule has 312 valence electrons. The summed E-state index contributed by atoms with van der Waals surface area (Å²) in [5.74, 6) is 0. The third kappa shape index (κ3) is 6.37. The Kier molecular flexibility index (Phi) is 9.46. The molecule has 0 aliphatic heterocycles. The van der Waals surface area contributed by atoms with Crippen molar-refractivity contribution in [3.8, 4) is 11.1 Å². The lowest BCUT2D eigenvalue weighted by molar-refractivity contribution is 0.0977. The van der Waals surface area contributed by atoms with Gasteiger partial charge in [-0.15, -0.1) is 0 Å². The molecule has 0 spiro atoms. The zero-order valence-electron chi connectivity index (χ0n) is 38.6. The molecule has 0 aromatic heterocycles. The predicted molar refractivity (Wildman–Crippen MR) is 272 cm³/mol. The van der Waals surface area contributed by atoms with Gasteiger partial charge in [-0.05, 0) is 188 Å². The second-order valence-electron chi connectivity index (χ2n) is 20.2. The van der Waals surface area contributed by atoms with E-state index in [0.29, 0.717) is 0 Å². The highest BCUT2D eigenvalue weighted by molar-refractivity contribution is 6.20. The molecule has 63 heavy (non-hydrogen) atoms. The van der Waals surface area contributed by atoms with Gasteiger partial charge in [-0.25, -0.2) is 0 Å². The van der Waals surface area contributed by atoms with Crippen molar-refractivity contribution < 1.29 is 0 Å². The maximum atomic E-state index is 2.48. The first kappa shape index (κ1) is 40.4. The largest absolute Gasteiger partial charge is 0.310 e. The zero-order chi connectivity index (χ0) is 44.0. The van der Waals surface area contributed by atoms with E-state index in [1.54, 1.807) is 0 Å². The van der Waals surface area contributed by atoms with E-state index in [-0.39, 0.29) is 16.2 Å². The maximum absolute atomic E-state index is 2.48. The summed E-state index contributed by atoms with van der Waals surface area (Å²) in [6.07, 6.45) is 0. The molecular formula is C61H58N2. The fourth-order valence-corrected chi connectivity index (χ4v) is 12.0. The summed E-state index contributed by atoms with van der Waals surface area (Å²) in [5, 5.41) is 7.80. The number of anilines is 6. The molecule has 1 aliphatic rings. The van der Waals surface area contributed by atoms with E-state index in [1.165, 1.54) is 88.2 Å². The third-order valence-electron chi connectivity index (χ3n) is 13.8. The standard InChI is InChI=1S/C61H58N2/c1-39-31-40(2)34-48(33-39)62(44-19-13-11-14-20-44)46-26-29-50-43(37-46)25-28-54-56-52-24-18-17-23-51(52)55-38-47(63(45-21-15-12-16-22-45)49-35-41(3)32-42(4)36-49)27-30-53(55)58(56)61(57(50)54,59(5,6)7)60(8,9)10/h11-38H,1-10H3. The van der Waals surface area contributed by atoms with Crippen LogP contribution in [-0.2, 0) is 5.41 Å². The van der Waals surface area contributed by atoms with Gasteiger partial charge in [-0.3, -0.25) is 0 Å². The number of aryl methyl sites for hydroxylation is 4. The first-order chi connectivity index (χ1) is 30.2. The SMILES string of the molecule is Cc1cc(C)cc(N(c2ccccc2)c2ccc3c4c(ccc3c2)-c2c(c3ccc(N(c5ccccc5)c5cc(C)cc(C)c5)cc3c3ccccc23)C4(C(C)(C)C)C(C)(C)C)c1. The Morgan fingerprint density at radius 1 is 0.333 bits per heavy atom. The van der Waals surface area contributed by atoms with Crippen molar-refractivity contribution in [1.82, 2.24) is 0 Å². The Bertz CT molecular complexity index is 3180. The van der Waals surface area contributed by atoms with Crippen molar-refractivity contribution in [2.45, 2.75) is 74.7 Å². The Hall–Kier alpha value is -6.64. The average Bonchev–Trinajstić information content (AvgIpc) is 3.58. The van der Waals surface area contributed by atoms with Gasteiger partial charge in [0.15, 0.2) is 0 Å². The second-order valence-corrected chi connectivity index (χ2v) is 20.2. The first-order valence-corrected chi connectivity index (χ1v) is 22.6. The smallest absolute Gasteiger partial charge is 0.0468 e. The van der Waals surface area contributed by atoms with Crippen LogP contribution in [0.2, 0.25) is 0 Å². The molecular weight excluding hydrogens is 761 g/mol. The van der Waals surface area contributed by atoms with Gasteiger partial charge in [0, 0.05) is 39.5 Å². The van der Waals surface area contributed by atoms with E-state index in [1.807, 2.05) is 0 Å². The molecule has 2 nitrogen and oxygen atoms in total. The molecule has 0 atom stereocenters. The van der Waals surface area contributed by atoms with Gasteiger partial charge in [0.1, 0.15) is 0 Å².